The number of carboxylic acid groups (broad SMARTS) is 1. The number of nitrogens with one attached hydrogen (secondary N) is 1. The van der Waals surface area contributed by atoms with Crippen LogP contribution in [0.3, 0.4) is 0 Å². The molecule has 1 aromatic rings. The molecule has 1 rings (SSSR count). The Morgan fingerprint density at radius 2 is 1.85 bits per heavy atom. The molecule has 2 N–H and O–H groups in total. The Morgan fingerprint density at radius 3 is 2.30 bits per heavy atom. The van der Waals surface area contributed by atoms with Gasteiger partial charge in [0.15, 0.2) is 0 Å². The number of aliphatic carboxylic acids is 1. The fraction of sp³-hybridized carbons (Fsp3) is 0.111. The predicted octanol–water partition coefficient (Wildman–Crippen LogP) is 2.03. The molecule has 11 heteroatoms. The van der Waals surface area contributed by atoms with Gasteiger partial charge in [-0.2, -0.15) is 5.10 Å². The van der Waals surface area contributed by atoms with Crippen molar-refractivity contribution in [1.29, 1.82) is 0 Å². The van der Waals surface area contributed by atoms with E-state index in [4.69, 9.17) is 16.7 Å². The number of benzene rings is 1. The fourth-order valence-electron chi connectivity index (χ4n) is 1.12. The molecule has 0 aliphatic carbocycles. The summed E-state index contributed by atoms with van der Waals surface area (Å²) in [7, 11) is 0. The lowest BCUT2D eigenvalue weighted by atomic mass is 10.2. The Labute approximate surface area is 116 Å². The predicted molar refractivity (Wildman–Crippen MR) is 69.1 cm³/mol. The van der Waals surface area contributed by atoms with Crippen LogP contribution in [0.2, 0.25) is 5.02 Å². The third-order valence-electron chi connectivity index (χ3n) is 2.11. The lowest BCUT2D eigenvalue weighted by Gasteiger charge is -2.04. The van der Waals surface area contributed by atoms with Crippen LogP contribution < -0.4 is 5.43 Å². The van der Waals surface area contributed by atoms with Crippen LogP contribution in [-0.4, -0.2) is 26.6 Å². The number of halogens is 1. The smallest absolute Gasteiger partial charge is 0.351 e. The molecule has 0 saturated carbocycles. The average molecular weight is 303 g/mol. The maximum atomic E-state index is 10.8. The van der Waals surface area contributed by atoms with E-state index in [0.29, 0.717) is 6.07 Å². The molecule has 0 unspecified atom stereocenters. The maximum absolute atomic E-state index is 10.8. The van der Waals surface area contributed by atoms with Gasteiger partial charge in [-0.3, -0.25) is 25.7 Å². The van der Waals surface area contributed by atoms with Gasteiger partial charge in [0.1, 0.15) is 16.4 Å². The quantitative estimate of drug-likeness (QED) is 0.480. The zero-order valence-electron chi connectivity index (χ0n) is 9.86. The van der Waals surface area contributed by atoms with Crippen LogP contribution in [-0.2, 0) is 4.79 Å². The fourth-order valence-corrected chi connectivity index (χ4v) is 1.36. The van der Waals surface area contributed by atoms with Crippen LogP contribution in [0.25, 0.3) is 0 Å². The number of nitro groups is 2. The van der Waals surface area contributed by atoms with Gasteiger partial charge in [-0.1, -0.05) is 11.6 Å². The summed E-state index contributed by atoms with van der Waals surface area (Å²) in [4.78, 5) is 30.2. The lowest BCUT2D eigenvalue weighted by Crippen LogP contribution is -2.10. The number of hydrogen-bond donors (Lipinski definition) is 2. The number of nitro benzene ring substituents is 2. The minimum atomic E-state index is -1.33. The molecule has 0 amide bonds. The highest BCUT2D eigenvalue weighted by Crippen LogP contribution is 2.35. The zero-order valence-corrected chi connectivity index (χ0v) is 10.6. The van der Waals surface area contributed by atoms with Crippen LogP contribution in [0.15, 0.2) is 17.2 Å². The molecule has 0 spiro atoms. The number of hydrazone groups is 1. The SMILES string of the molecule is C/C(=N\Nc1cc(Cl)c([N+](=O)[O-])cc1[N+](=O)[O-])C(=O)O. The van der Waals surface area contributed by atoms with E-state index in [2.05, 4.69) is 10.5 Å². The van der Waals surface area contributed by atoms with Gasteiger partial charge in [-0.15, -0.1) is 0 Å². The van der Waals surface area contributed by atoms with E-state index in [0.717, 1.165) is 13.0 Å². The van der Waals surface area contributed by atoms with Crippen molar-refractivity contribution in [2.45, 2.75) is 6.92 Å². The topological polar surface area (TPSA) is 148 Å². The largest absolute Gasteiger partial charge is 0.477 e. The van der Waals surface area contributed by atoms with Gasteiger partial charge in [0.2, 0.25) is 0 Å². The monoisotopic (exact) mass is 302 g/mol. The van der Waals surface area contributed by atoms with Crippen LogP contribution in [0, 0.1) is 20.2 Å². The van der Waals surface area contributed by atoms with Gasteiger partial charge in [0, 0.05) is 0 Å². The Kier molecular flexibility index (Phi) is 4.54. The molecular weight excluding hydrogens is 296 g/mol. The molecule has 0 bridgehead atoms. The Bertz CT molecular complexity index is 629. The standard InChI is InChI=1S/C9H7ClN4O6/c1-4(9(15)16)11-12-6-2-5(10)7(13(17)18)3-8(6)14(19)20/h2-3,12H,1H3,(H,15,16)/b11-4+. The molecule has 106 valence electrons. The van der Waals surface area contributed by atoms with E-state index in [1.165, 1.54) is 0 Å². The summed E-state index contributed by atoms with van der Waals surface area (Å²) in [5.41, 5.74) is 0.244. The Hall–Kier alpha value is -2.75. The molecule has 0 aliphatic rings. The van der Waals surface area contributed by atoms with Crippen LogP contribution >= 0.6 is 11.6 Å². The van der Waals surface area contributed by atoms with Crippen LogP contribution in [0.4, 0.5) is 17.1 Å². The van der Waals surface area contributed by atoms with Crippen LogP contribution in [0.1, 0.15) is 6.92 Å². The number of anilines is 1. The molecule has 20 heavy (non-hydrogen) atoms. The van der Waals surface area contributed by atoms with Crippen molar-refractivity contribution in [2.75, 3.05) is 5.43 Å². The normalized spacial score (nSPS) is 11.0. The van der Waals surface area contributed by atoms with E-state index < -0.39 is 27.2 Å². The molecule has 0 fully saturated rings. The Balaban J connectivity index is 3.29. The highest BCUT2D eigenvalue weighted by molar-refractivity contribution is 6.34. The lowest BCUT2D eigenvalue weighted by molar-refractivity contribution is -0.393. The molecule has 1 aromatic carbocycles. The molecule has 0 aliphatic heterocycles. The maximum Gasteiger partial charge on any atom is 0.351 e. The second-order valence-electron chi connectivity index (χ2n) is 3.45. The number of nitrogens with zero attached hydrogens (tertiary/aromatic N) is 3. The number of hydrogen-bond acceptors (Lipinski definition) is 7. The number of carbonyl (C=O) groups is 1. The highest BCUT2D eigenvalue weighted by Gasteiger charge is 2.23. The van der Waals surface area contributed by atoms with Crippen LogP contribution in [0.5, 0.6) is 0 Å². The summed E-state index contributed by atoms with van der Waals surface area (Å²) < 4.78 is 0. The van der Waals surface area contributed by atoms with Gasteiger partial charge in [0.25, 0.3) is 5.69 Å². The summed E-state index contributed by atoms with van der Waals surface area (Å²) in [6, 6.07) is 1.59. The third kappa shape index (κ3) is 3.38. The molecule has 0 atom stereocenters. The van der Waals surface area contributed by atoms with Gasteiger partial charge in [-0.25, -0.2) is 4.79 Å². The molecule has 0 saturated heterocycles. The van der Waals surface area contributed by atoms with Crippen molar-refractivity contribution in [1.82, 2.24) is 0 Å². The first kappa shape index (κ1) is 15.3. The van der Waals surface area contributed by atoms with Crippen molar-refractivity contribution >= 4 is 40.3 Å². The molecule has 0 radical (unpaired) electrons. The Morgan fingerprint density at radius 1 is 1.30 bits per heavy atom. The molecular formula is C9H7ClN4O6. The van der Waals surface area contributed by atoms with E-state index in [1.54, 1.807) is 0 Å². The van der Waals surface area contributed by atoms with Gasteiger partial charge in [0.05, 0.1) is 15.9 Å². The average Bonchev–Trinajstić information content (AvgIpc) is 2.34. The summed E-state index contributed by atoms with van der Waals surface area (Å²) >= 11 is 5.61. The van der Waals surface area contributed by atoms with Crippen molar-refractivity contribution in [3.05, 3.63) is 37.4 Å². The van der Waals surface area contributed by atoms with Crippen molar-refractivity contribution in [2.24, 2.45) is 5.10 Å². The third-order valence-corrected chi connectivity index (χ3v) is 2.41. The summed E-state index contributed by atoms with van der Waals surface area (Å²) in [6.07, 6.45) is 0. The second kappa shape index (κ2) is 5.93. The van der Waals surface area contributed by atoms with Gasteiger partial charge < -0.3 is 5.11 Å². The van der Waals surface area contributed by atoms with Gasteiger partial charge in [-0.05, 0) is 13.0 Å². The van der Waals surface area contributed by atoms with Crippen molar-refractivity contribution < 1.29 is 19.7 Å². The van der Waals surface area contributed by atoms with E-state index >= 15 is 0 Å². The zero-order chi connectivity index (χ0) is 15.4. The minimum absolute atomic E-state index is 0.258. The van der Waals surface area contributed by atoms with Crippen molar-refractivity contribution in [3.8, 4) is 0 Å². The van der Waals surface area contributed by atoms with E-state index in [-0.39, 0.29) is 16.4 Å². The first-order valence-electron chi connectivity index (χ1n) is 4.90. The summed E-state index contributed by atoms with van der Waals surface area (Å²) in [6.45, 7) is 1.16. The summed E-state index contributed by atoms with van der Waals surface area (Å²) in [5, 5.41) is 33.1. The van der Waals surface area contributed by atoms with Gasteiger partial charge >= 0.3 is 11.7 Å². The molecule has 10 nitrogen and oxygen atoms in total. The minimum Gasteiger partial charge on any atom is -0.477 e. The number of rotatable bonds is 5. The first-order valence-corrected chi connectivity index (χ1v) is 5.27. The summed E-state index contributed by atoms with van der Waals surface area (Å²) in [5.74, 6) is -1.33. The van der Waals surface area contributed by atoms with E-state index in [9.17, 15) is 25.0 Å². The molecule has 0 aromatic heterocycles. The number of carboxylic acids is 1. The van der Waals surface area contributed by atoms with Crippen molar-refractivity contribution in [3.63, 3.8) is 0 Å². The molecule has 0 heterocycles. The van der Waals surface area contributed by atoms with E-state index in [1.807, 2.05) is 0 Å². The highest BCUT2D eigenvalue weighted by atomic mass is 35.5. The second-order valence-corrected chi connectivity index (χ2v) is 3.86. The first-order chi connectivity index (χ1) is 9.23.